The maximum absolute atomic E-state index is 13.3. The summed E-state index contributed by atoms with van der Waals surface area (Å²) in [6, 6.07) is 23.4. The Morgan fingerprint density at radius 2 is 1.49 bits per heavy atom. The number of aryl methyl sites for hydroxylation is 1. The van der Waals surface area contributed by atoms with E-state index in [0.29, 0.717) is 11.1 Å². The van der Waals surface area contributed by atoms with E-state index in [1.165, 1.54) is 11.6 Å². The Labute approximate surface area is 212 Å². The lowest BCUT2D eigenvalue weighted by Gasteiger charge is -2.20. The van der Waals surface area contributed by atoms with Crippen molar-refractivity contribution in [1.82, 2.24) is 15.2 Å². The van der Waals surface area contributed by atoms with Crippen LogP contribution in [0.1, 0.15) is 33.1 Å². The van der Waals surface area contributed by atoms with E-state index in [1.807, 2.05) is 60.7 Å². The van der Waals surface area contributed by atoms with Crippen molar-refractivity contribution in [1.29, 1.82) is 0 Å². The standard InChI is InChI=1S/C28H25N3O6/c1-31-20-14-8-13-19(23(20)26(35)24(28(31)37)27(36)29-16-22(33)34)15-21(32)30-25(17-9-4-2-5-10-17)18-11-6-3-7-12-18/h2-14,25,35H,15-16H2,1H3,(H,29,36)(H,30,32)(H,33,34). The number of aliphatic carboxylic acids is 1. The third-order valence-corrected chi connectivity index (χ3v) is 6.03. The van der Waals surface area contributed by atoms with Gasteiger partial charge in [-0.05, 0) is 22.8 Å². The van der Waals surface area contributed by atoms with Crippen LogP contribution >= 0.6 is 0 Å². The smallest absolute Gasteiger partial charge is 0.322 e. The Hall–Kier alpha value is -4.92. The molecule has 4 aromatic rings. The minimum absolute atomic E-state index is 0.143. The van der Waals surface area contributed by atoms with Crippen molar-refractivity contribution in [2.24, 2.45) is 7.05 Å². The molecule has 37 heavy (non-hydrogen) atoms. The molecule has 0 spiro atoms. The number of nitrogens with one attached hydrogen (secondary N) is 2. The zero-order valence-electron chi connectivity index (χ0n) is 20.0. The molecule has 188 valence electrons. The number of aromatic hydroxyl groups is 1. The van der Waals surface area contributed by atoms with Crippen LogP contribution in [0, 0.1) is 0 Å². The fraction of sp³-hybridized carbons (Fsp3) is 0.143. The fourth-order valence-electron chi connectivity index (χ4n) is 4.27. The van der Waals surface area contributed by atoms with Crippen LogP contribution in [0.25, 0.3) is 10.9 Å². The van der Waals surface area contributed by atoms with E-state index in [1.54, 1.807) is 18.2 Å². The van der Waals surface area contributed by atoms with Crippen molar-refractivity contribution >= 4 is 28.7 Å². The monoisotopic (exact) mass is 499 g/mol. The molecule has 9 heteroatoms. The summed E-state index contributed by atoms with van der Waals surface area (Å²) in [5.74, 6) is -3.26. The fourth-order valence-corrected chi connectivity index (χ4v) is 4.27. The molecule has 9 nitrogen and oxygen atoms in total. The largest absolute Gasteiger partial charge is 0.506 e. The van der Waals surface area contributed by atoms with Crippen LogP contribution in [0.3, 0.4) is 0 Å². The lowest BCUT2D eigenvalue weighted by molar-refractivity contribution is -0.135. The summed E-state index contributed by atoms with van der Waals surface area (Å²) in [6.07, 6.45) is -0.143. The summed E-state index contributed by atoms with van der Waals surface area (Å²) in [5.41, 5.74) is 1.13. The number of fused-ring (bicyclic) bond motifs is 1. The van der Waals surface area contributed by atoms with Crippen molar-refractivity contribution in [3.63, 3.8) is 0 Å². The van der Waals surface area contributed by atoms with Gasteiger partial charge in [-0.15, -0.1) is 0 Å². The predicted octanol–water partition coefficient (Wildman–Crippen LogP) is 2.51. The number of carboxylic acids is 1. The molecule has 0 saturated carbocycles. The number of rotatable bonds is 8. The second-order valence-corrected chi connectivity index (χ2v) is 8.47. The van der Waals surface area contributed by atoms with Crippen LogP contribution in [-0.2, 0) is 23.1 Å². The zero-order chi connectivity index (χ0) is 26.5. The third-order valence-electron chi connectivity index (χ3n) is 6.03. The summed E-state index contributed by atoms with van der Waals surface area (Å²) in [6.45, 7) is -0.718. The minimum Gasteiger partial charge on any atom is -0.506 e. The van der Waals surface area contributed by atoms with E-state index >= 15 is 0 Å². The number of benzene rings is 3. The number of carboxylic acid groups (broad SMARTS) is 1. The normalized spacial score (nSPS) is 10.9. The highest BCUT2D eigenvalue weighted by molar-refractivity contribution is 6.04. The molecule has 4 rings (SSSR count). The number of pyridine rings is 1. The average molecular weight is 500 g/mol. The van der Waals surface area contributed by atoms with Gasteiger partial charge in [-0.25, -0.2) is 0 Å². The molecule has 0 aliphatic heterocycles. The van der Waals surface area contributed by atoms with E-state index in [0.717, 1.165) is 11.1 Å². The second-order valence-electron chi connectivity index (χ2n) is 8.47. The topological polar surface area (TPSA) is 138 Å². The van der Waals surface area contributed by atoms with E-state index in [-0.39, 0.29) is 17.7 Å². The maximum atomic E-state index is 13.3. The number of aromatic nitrogens is 1. The first-order valence-corrected chi connectivity index (χ1v) is 11.5. The Morgan fingerprint density at radius 1 is 0.892 bits per heavy atom. The molecule has 1 heterocycles. The van der Waals surface area contributed by atoms with Crippen LogP contribution in [0.4, 0.5) is 0 Å². The zero-order valence-corrected chi connectivity index (χ0v) is 20.0. The van der Waals surface area contributed by atoms with Gasteiger partial charge in [0.2, 0.25) is 5.91 Å². The number of amides is 2. The third kappa shape index (κ3) is 5.35. The van der Waals surface area contributed by atoms with Gasteiger partial charge in [0.25, 0.3) is 11.5 Å². The first-order valence-electron chi connectivity index (χ1n) is 11.5. The van der Waals surface area contributed by atoms with E-state index in [4.69, 9.17) is 5.11 Å². The summed E-state index contributed by atoms with van der Waals surface area (Å²) in [5, 5.41) is 25.1. The van der Waals surface area contributed by atoms with Crippen molar-refractivity contribution in [3.8, 4) is 5.75 Å². The summed E-state index contributed by atoms with van der Waals surface area (Å²) < 4.78 is 1.18. The number of carbonyl (C=O) groups is 3. The molecule has 2 amide bonds. The van der Waals surface area contributed by atoms with E-state index in [2.05, 4.69) is 10.6 Å². The Balaban J connectivity index is 1.71. The van der Waals surface area contributed by atoms with Gasteiger partial charge in [0.1, 0.15) is 17.9 Å². The summed E-state index contributed by atoms with van der Waals surface area (Å²) in [7, 11) is 1.43. The van der Waals surface area contributed by atoms with Crippen molar-refractivity contribution in [3.05, 3.63) is 111 Å². The van der Waals surface area contributed by atoms with Gasteiger partial charge < -0.3 is 25.4 Å². The second kappa shape index (κ2) is 10.8. The van der Waals surface area contributed by atoms with E-state index in [9.17, 15) is 24.3 Å². The Kier molecular flexibility index (Phi) is 7.34. The molecule has 0 bridgehead atoms. The van der Waals surface area contributed by atoms with Gasteiger partial charge in [-0.3, -0.25) is 19.2 Å². The van der Waals surface area contributed by atoms with Crippen LogP contribution in [-0.4, -0.2) is 39.1 Å². The first kappa shape index (κ1) is 25.2. The van der Waals surface area contributed by atoms with Crippen molar-refractivity contribution in [2.45, 2.75) is 12.5 Å². The van der Waals surface area contributed by atoms with Crippen molar-refractivity contribution in [2.75, 3.05) is 6.54 Å². The number of hydrogen-bond acceptors (Lipinski definition) is 5. The highest BCUT2D eigenvalue weighted by Gasteiger charge is 2.24. The summed E-state index contributed by atoms with van der Waals surface area (Å²) in [4.78, 5) is 49.5. The molecule has 0 fully saturated rings. The maximum Gasteiger partial charge on any atom is 0.322 e. The van der Waals surface area contributed by atoms with E-state index < -0.39 is 41.3 Å². The highest BCUT2D eigenvalue weighted by Crippen LogP contribution is 2.30. The number of hydrogen-bond donors (Lipinski definition) is 4. The molecule has 4 N–H and O–H groups in total. The van der Waals surface area contributed by atoms with Crippen LogP contribution < -0.4 is 16.2 Å². The molecule has 0 atom stereocenters. The highest BCUT2D eigenvalue weighted by atomic mass is 16.4. The van der Waals surface area contributed by atoms with Crippen molar-refractivity contribution < 1.29 is 24.6 Å². The molecular weight excluding hydrogens is 474 g/mol. The molecule has 3 aromatic carbocycles. The number of nitrogens with zero attached hydrogens (tertiary/aromatic N) is 1. The van der Waals surface area contributed by atoms with Gasteiger partial charge >= 0.3 is 5.97 Å². The predicted molar refractivity (Wildman–Crippen MR) is 137 cm³/mol. The van der Waals surface area contributed by atoms with Crippen LogP contribution in [0.2, 0.25) is 0 Å². The minimum atomic E-state index is -1.30. The molecule has 0 aliphatic carbocycles. The van der Waals surface area contributed by atoms with Gasteiger partial charge in [0.05, 0.1) is 18.0 Å². The molecule has 0 saturated heterocycles. The molecule has 1 aromatic heterocycles. The Morgan fingerprint density at radius 3 is 2.05 bits per heavy atom. The molecule has 0 aliphatic rings. The van der Waals surface area contributed by atoms with Gasteiger partial charge in [-0.2, -0.15) is 0 Å². The SMILES string of the molecule is Cn1c(=O)c(C(=O)NCC(=O)O)c(O)c2c(CC(=O)NC(c3ccccc3)c3ccccc3)cccc21. The average Bonchev–Trinajstić information content (AvgIpc) is 2.90. The lowest BCUT2D eigenvalue weighted by Crippen LogP contribution is -2.35. The van der Waals surface area contributed by atoms with Gasteiger partial charge in [0, 0.05) is 12.4 Å². The van der Waals surface area contributed by atoms with Crippen LogP contribution in [0.15, 0.2) is 83.7 Å². The quantitative estimate of drug-likeness (QED) is 0.294. The van der Waals surface area contributed by atoms with Crippen LogP contribution in [0.5, 0.6) is 5.75 Å². The summed E-state index contributed by atoms with van der Waals surface area (Å²) >= 11 is 0. The first-order chi connectivity index (χ1) is 17.8. The van der Waals surface area contributed by atoms with Gasteiger partial charge in [-0.1, -0.05) is 72.8 Å². The molecule has 0 radical (unpaired) electrons. The molecular formula is C28H25N3O6. The lowest BCUT2D eigenvalue weighted by atomic mass is 9.97. The van der Waals surface area contributed by atoms with Gasteiger partial charge in [0.15, 0.2) is 0 Å². The molecule has 0 unspecified atom stereocenters. The Bertz CT molecular complexity index is 1490. The number of carbonyl (C=O) groups excluding carboxylic acids is 2.